The van der Waals surface area contributed by atoms with Crippen LogP contribution in [-0.4, -0.2) is 19.4 Å². The van der Waals surface area contributed by atoms with Crippen molar-refractivity contribution in [2.24, 2.45) is 5.10 Å². The fourth-order valence-corrected chi connectivity index (χ4v) is 1.57. The fraction of sp³-hybridized carbons (Fsp3) is 0.0667. The maximum Gasteiger partial charge on any atom is 0.339 e. The molecule has 0 heterocycles. The van der Waals surface area contributed by atoms with E-state index in [-0.39, 0.29) is 0 Å². The van der Waals surface area contributed by atoms with Gasteiger partial charge < -0.3 is 10.1 Å². The Hall–Kier alpha value is -2.82. The van der Waals surface area contributed by atoms with Gasteiger partial charge in [-0.3, -0.25) is 0 Å². The normalized spacial score (nSPS) is 10.2. The molecule has 0 spiro atoms. The van der Waals surface area contributed by atoms with Gasteiger partial charge in [0, 0.05) is 5.69 Å². The first-order valence-electron chi connectivity index (χ1n) is 6.07. The smallest absolute Gasteiger partial charge is 0.339 e. The molecule has 102 valence electrons. The highest BCUT2D eigenvalue weighted by atomic mass is 16.5. The lowest BCUT2D eigenvalue weighted by Gasteiger charge is -2.03. The van der Waals surface area contributed by atoms with Gasteiger partial charge in [0.25, 0.3) is 0 Å². The third-order valence-corrected chi connectivity index (χ3v) is 2.51. The van der Waals surface area contributed by atoms with E-state index in [0.29, 0.717) is 5.69 Å². The van der Waals surface area contributed by atoms with Gasteiger partial charge in [-0.2, -0.15) is 5.10 Å². The molecule has 0 saturated heterocycles. The van der Waals surface area contributed by atoms with Crippen LogP contribution in [-0.2, 0) is 0 Å². The first-order valence-corrected chi connectivity index (χ1v) is 6.07. The summed E-state index contributed by atoms with van der Waals surface area (Å²) in [6.45, 7) is 0. The Morgan fingerprint density at radius 1 is 1.15 bits per heavy atom. The number of urea groups is 1. The van der Waals surface area contributed by atoms with Crippen molar-refractivity contribution in [3.8, 4) is 5.75 Å². The van der Waals surface area contributed by atoms with Crippen LogP contribution in [0.4, 0.5) is 10.5 Å². The van der Waals surface area contributed by atoms with Gasteiger partial charge in [0.15, 0.2) is 0 Å². The molecule has 0 radical (unpaired) electrons. The molecule has 0 aliphatic rings. The van der Waals surface area contributed by atoms with Crippen molar-refractivity contribution in [3.05, 3.63) is 60.2 Å². The summed E-state index contributed by atoms with van der Waals surface area (Å²) in [5.41, 5.74) is 3.94. The van der Waals surface area contributed by atoms with Crippen LogP contribution in [0.1, 0.15) is 5.56 Å². The summed E-state index contributed by atoms with van der Waals surface area (Å²) in [6.07, 6.45) is 1.55. The Balaban J connectivity index is 1.88. The number of ether oxygens (including phenoxy) is 1. The van der Waals surface area contributed by atoms with Crippen molar-refractivity contribution >= 4 is 17.9 Å². The maximum atomic E-state index is 11.6. The van der Waals surface area contributed by atoms with E-state index in [4.69, 9.17) is 4.74 Å². The SMILES string of the molecule is COc1cccc(/C=N/NC(=O)Nc2ccccc2)c1. The van der Waals surface area contributed by atoms with Crippen molar-refractivity contribution in [1.29, 1.82) is 0 Å². The zero-order valence-corrected chi connectivity index (χ0v) is 11.0. The molecule has 0 atom stereocenters. The molecule has 0 bridgehead atoms. The molecule has 0 aliphatic heterocycles. The highest BCUT2D eigenvalue weighted by Crippen LogP contribution is 2.10. The first-order chi connectivity index (χ1) is 9.78. The lowest BCUT2D eigenvalue weighted by Crippen LogP contribution is -2.24. The number of nitrogens with zero attached hydrogens (tertiary/aromatic N) is 1. The largest absolute Gasteiger partial charge is 0.497 e. The second kappa shape index (κ2) is 6.94. The van der Waals surface area contributed by atoms with Crippen molar-refractivity contribution in [1.82, 2.24) is 5.43 Å². The zero-order chi connectivity index (χ0) is 14.2. The van der Waals surface area contributed by atoms with Gasteiger partial charge >= 0.3 is 6.03 Å². The molecule has 0 unspecified atom stereocenters. The molecule has 2 amide bonds. The van der Waals surface area contributed by atoms with Crippen molar-refractivity contribution in [3.63, 3.8) is 0 Å². The number of methoxy groups -OCH3 is 1. The number of para-hydroxylation sites is 1. The van der Waals surface area contributed by atoms with E-state index in [2.05, 4.69) is 15.8 Å². The minimum absolute atomic E-state index is 0.393. The minimum Gasteiger partial charge on any atom is -0.497 e. The van der Waals surface area contributed by atoms with Crippen molar-refractivity contribution in [2.75, 3.05) is 12.4 Å². The predicted molar refractivity (Wildman–Crippen MR) is 79.2 cm³/mol. The van der Waals surface area contributed by atoms with Crippen LogP contribution in [0.15, 0.2) is 59.7 Å². The Labute approximate surface area is 117 Å². The molecule has 2 rings (SSSR count). The topological polar surface area (TPSA) is 62.7 Å². The average molecular weight is 269 g/mol. The van der Waals surface area contributed by atoms with Gasteiger partial charge in [-0.15, -0.1) is 0 Å². The van der Waals surface area contributed by atoms with Crippen LogP contribution in [0, 0.1) is 0 Å². The van der Waals surface area contributed by atoms with Crippen LogP contribution in [0.3, 0.4) is 0 Å². The Kier molecular flexibility index (Phi) is 4.72. The molecule has 0 aliphatic carbocycles. The monoisotopic (exact) mass is 269 g/mol. The number of benzene rings is 2. The second-order valence-electron chi connectivity index (χ2n) is 3.97. The van der Waals surface area contributed by atoms with Gasteiger partial charge in [-0.05, 0) is 29.8 Å². The minimum atomic E-state index is -0.393. The summed E-state index contributed by atoms with van der Waals surface area (Å²) in [4.78, 5) is 11.6. The Bertz CT molecular complexity index is 597. The third kappa shape index (κ3) is 4.13. The number of hydrogen-bond acceptors (Lipinski definition) is 3. The van der Waals surface area contributed by atoms with E-state index >= 15 is 0 Å². The quantitative estimate of drug-likeness (QED) is 0.662. The van der Waals surface area contributed by atoms with Gasteiger partial charge in [-0.25, -0.2) is 10.2 Å². The number of amides is 2. The molecule has 0 saturated carbocycles. The summed E-state index contributed by atoms with van der Waals surface area (Å²) < 4.78 is 5.10. The predicted octanol–water partition coefficient (Wildman–Crippen LogP) is 2.85. The standard InChI is InChI=1S/C15H15N3O2/c1-20-14-9-5-6-12(10-14)11-16-18-15(19)17-13-7-3-2-4-8-13/h2-11H,1H3,(H2,17,18,19)/b16-11+. The second-order valence-corrected chi connectivity index (χ2v) is 3.97. The summed E-state index contributed by atoms with van der Waals surface area (Å²) in [7, 11) is 1.60. The molecule has 5 nitrogen and oxygen atoms in total. The Morgan fingerprint density at radius 3 is 2.70 bits per heavy atom. The molecule has 0 fully saturated rings. The molecular weight excluding hydrogens is 254 g/mol. The number of nitrogens with one attached hydrogen (secondary N) is 2. The number of carbonyl (C=O) groups excluding carboxylic acids is 1. The van der Waals surface area contributed by atoms with Crippen LogP contribution in [0.2, 0.25) is 0 Å². The number of rotatable bonds is 4. The van der Waals surface area contributed by atoms with Gasteiger partial charge in [-0.1, -0.05) is 30.3 Å². The summed E-state index contributed by atoms with van der Waals surface area (Å²) in [5, 5.41) is 6.53. The van der Waals surface area contributed by atoms with Gasteiger partial charge in [0.05, 0.1) is 13.3 Å². The van der Waals surface area contributed by atoms with Gasteiger partial charge in [0.1, 0.15) is 5.75 Å². The van der Waals surface area contributed by atoms with E-state index in [9.17, 15) is 4.79 Å². The third-order valence-electron chi connectivity index (χ3n) is 2.51. The molecule has 2 aromatic carbocycles. The van der Waals surface area contributed by atoms with E-state index in [1.165, 1.54) is 0 Å². The van der Waals surface area contributed by atoms with Crippen molar-refractivity contribution < 1.29 is 9.53 Å². The number of anilines is 1. The van der Waals surface area contributed by atoms with E-state index in [1.54, 1.807) is 25.5 Å². The first kappa shape index (κ1) is 13.6. The highest BCUT2D eigenvalue weighted by Gasteiger charge is 1.98. The lowest BCUT2D eigenvalue weighted by atomic mass is 10.2. The number of carbonyl (C=O) groups is 1. The molecule has 20 heavy (non-hydrogen) atoms. The van der Waals surface area contributed by atoms with Crippen LogP contribution >= 0.6 is 0 Å². The number of hydrazone groups is 1. The molecule has 0 aromatic heterocycles. The molecule has 2 N–H and O–H groups in total. The van der Waals surface area contributed by atoms with Crippen LogP contribution in [0.25, 0.3) is 0 Å². The fourth-order valence-electron chi connectivity index (χ4n) is 1.57. The summed E-state index contributed by atoms with van der Waals surface area (Å²) >= 11 is 0. The summed E-state index contributed by atoms with van der Waals surface area (Å²) in [6, 6.07) is 16.1. The maximum absolute atomic E-state index is 11.6. The zero-order valence-electron chi connectivity index (χ0n) is 11.0. The summed E-state index contributed by atoms with van der Waals surface area (Å²) in [5.74, 6) is 0.739. The molecule has 2 aromatic rings. The van der Waals surface area contributed by atoms with Crippen LogP contribution < -0.4 is 15.5 Å². The lowest BCUT2D eigenvalue weighted by molar-refractivity contribution is 0.252. The van der Waals surface area contributed by atoms with E-state index < -0.39 is 6.03 Å². The highest BCUT2D eigenvalue weighted by molar-refractivity contribution is 5.90. The average Bonchev–Trinajstić information content (AvgIpc) is 2.48. The van der Waals surface area contributed by atoms with E-state index in [1.807, 2.05) is 42.5 Å². The van der Waals surface area contributed by atoms with Gasteiger partial charge in [0.2, 0.25) is 0 Å². The Morgan fingerprint density at radius 2 is 1.95 bits per heavy atom. The molecular formula is C15H15N3O2. The molecule has 5 heteroatoms. The number of hydrogen-bond donors (Lipinski definition) is 2. The van der Waals surface area contributed by atoms with E-state index in [0.717, 1.165) is 11.3 Å². The van der Waals surface area contributed by atoms with Crippen LogP contribution in [0.5, 0.6) is 5.75 Å². The van der Waals surface area contributed by atoms with Crippen molar-refractivity contribution in [2.45, 2.75) is 0 Å².